The molecule has 1 heterocycles. The van der Waals surface area contributed by atoms with E-state index in [-0.39, 0.29) is 29.5 Å². The number of carbonyl (C=O) groups excluding carboxylic acids is 2. The summed E-state index contributed by atoms with van der Waals surface area (Å²) in [5, 5.41) is 2.54. The third-order valence-electron chi connectivity index (χ3n) is 4.10. The molecule has 3 N–H and O–H groups in total. The van der Waals surface area contributed by atoms with Crippen LogP contribution in [-0.4, -0.2) is 39.3 Å². The highest BCUT2D eigenvalue weighted by atomic mass is 32.2. The van der Waals surface area contributed by atoms with Crippen molar-refractivity contribution in [3.63, 3.8) is 0 Å². The highest BCUT2D eigenvalue weighted by Crippen LogP contribution is 2.36. The van der Waals surface area contributed by atoms with Gasteiger partial charge in [0.15, 0.2) is 11.5 Å². The Kier molecular flexibility index (Phi) is 5.41. The largest absolute Gasteiger partial charge is 0.454 e. The SMILES string of the molecule is CCS(=O)(=O)N(CC(=O)Nc1ccccc1C(N)=O)c1ccc2c(c1)OCO2. The second-order valence-corrected chi connectivity index (χ2v) is 8.08. The maximum absolute atomic E-state index is 12.6. The van der Waals surface area contributed by atoms with Crippen molar-refractivity contribution in [3.05, 3.63) is 48.0 Å². The van der Waals surface area contributed by atoms with Gasteiger partial charge in [-0.05, 0) is 31.2 Å². The van der Waals surface area contributed by atoms with Crippen LogP contribution in [0, 0.1) is 0 Å². The third-order valence-corrected chi connectivity index (χ3v) is 5.84. The molecule has 0 saturated heterocycles. The van der Waals surface area contributed by atoms with Crippen LogP contribution in [0.5, 0.6) is 11.5 Å². The van der Waals surface area contributed by atoms with Crippen molar-refractivity contribution in [2.75, 3.05) is 28.7 Å². The summed E-state index contributed by atoms with van der Waals surface area (Å²) in [6, 6.07) is 10.8. The van der Waals surface area contributed by atoms with E-state index in [0.717, 1.165) is 4.31 Å². The predicted molar refractivity (Wildman–Crippen MR) is 103 cm³/mol. The van der Waals surface area contributed by atoms with E-state index < -0.39 is 28.4 Å². The molecule has 1 aliphatic heterocycles. The average molecular weight is 405 g/mol. The molecule has 2 aromatic carbocycles. The van der Waals surface area contributed by atoms with E-state index in [1.165, 1.54) is 31.2 Å². The lowest BCUT2D eigenvalue weighted by Crippen LogP contribution is -2.39. The Balaban J connectivity index is 1.87. The number of para-hydroxylation sites is 1. The molecule has 0 bridgehead atoms. The molecule has 0 radical (unpaired) electrons. The van der Waals surface area contributed by atoms with Gasteiger partial charge in [0.25, 0.3) is 5.91 Å². The van der Waals surface area contributed by atoms with Crippen LogP contribution >= 0.6 is 0 Å². The highest BCUT2D eigenvalue weighted by Gasteiger charge is 2.26. The van der Waals surface area contributed by atoms with Crippen LogP contribution in [0.4, 0.5) is 11.4 Å². The lowest BCUT2D eigenvalue weighted by molar-refractivity contribution is -0.114. The van der Waals surface area contributed by atoms with Crippen molar-refractivity contribution in [2.24, 2.45) is 5.73 Å². The number of nitrogens with one attached hydrogen (secondary N) is 1. The summed E-state index contributed by atoms with van der Waals surface area (Å²) >= 11 is 0. The minimum atomic E-state index is -3.76. The van der Waals surface area contributed by atoms with Crippen LogP contribution in [0.1, 0.15) is 17.3 Å². The number of sulfonamides is 1. The van der Waals surface area contributed by atoms with E-state index in [1.807, 2.05) is 0 Å². The maximum atomic E-state index is 12.6. The average Bonchev–Trinajstić information content (AvgIpc) is 3.14. The van der Waals surface area contributed by atoms with E-state index in [0.29, 0.717) is 11.5 Å². The zero-order valence-corrected chi connectivity index (χ0v) is 15.9. The number of nitrogens with two attached hydrogens (primary N) is 1. The summed E-state index contributed by atoms with van der Waals surface area (Å²) < 4.78 is 36.6. The van der Waals surface area contributed by atoms with Gasteiger partial charge in [-0.1, -0.05) is 12.1 Å². The number of hydrogen-bond acceptors (Lipinski definition) is 6. The van der Waals surface area contributed by atoms with E-state index in [1.54, 1.807) is 18.2 Å². The second-order valence-electron chi connectivity index (χ2n) is 5.90. The molecular formula is C18H19N3O6S. The molecule has 2 aromatic rings. The van der Waals surface area contributed by atoms with Crippen LogP contribution in [0.3, 0.4) is 0 Å². The molecule has 0 saturated carbocycles. The van der Waals surface area contributed by atoms with E-state index in [9.17, 15) is 18.0 Å². The number of amides is 2. The summed E-state index contributed by atoms with van der Waals surface area (Å²) in [6.07, 6.45) is 0. The van der Waals surface area contributed by atoms with Crippen LogP contribution < -0.4 is 24.8 Å². The molecule has 2 amide bonds. The molecule has 0 aliphatic carbocycles. The van der Waals surface area contributed by atoms with Crippen LogP contribution in [0.25, 0.3) is 0 Å². The zero-order valence-electron chi connectivity index (χ0n) is 15.0. The second kappa shape index (κ2) is 7.77. The quantitative estimate of drug-likeness (QED) is 0.715. The van der Waals surface area contributed by atoms with Crippen LogP contribution in [0.15, 0.2) is 42.5 Å². The molecule has 28 heavy (non-hydrogen) atoms. The van der Waals surface area contributed by atoms with Crippen molar-refractivity contribution < 1.29 is 27.5 Å². The smallest absolute Gasteiger partial charge is 0.250 e. The zero-order chi connectivity index (χ0) is 20.3. The lowest BCUT2D eigenvalue weighted by atomic mass is 10.1. The number of anilines is 2. The number of benzene rings is 2. The van der Waals surface area contributed by atoms with Crippen molar-refractivity contribution >= 4 is 33.2 Å². The number of nitrogens with zero attached hydrogens (tertiary/aromatic N) is 1. The normalized spacial score (nSPS) is 12.5. The number of hydrogen-bond donors (Lipinski definition) is 2. The standard InChI is InChI=1S/C18H19N3O6S/c1-2-28(24,25)21(12-7-8-15-16(9-12)27-11-26-15)10-17(22)20-14-6-4-3-5-13(14)18(19)23/h3-9H,2,10-11H2,1H3,(H2,19,23)(H,20,22). The highest BCUT2D eigenvalue weighted by molar-refractivity contribution is 7.92. The van der Waals surface area contributed by atoms with Gasteiger partial charge in [0.1, 0.15) is 6.54 Å². The van der Waals surface area contributed by atoms with Crippen molar-refractivity contribution in [1.29, 1.82) is 0 Å². The van der Waals surface area contributed by atoms with Gasteiger partial charge < -0.3 is 20.5 Å². The van der Waals surface area contributed by atoms with Crippen LogP contribution in [0.2, 0.25) is 0 Å². The van der Waals surface area contributed by atoms with Gasteiger partial charge in [0.2, 0.25) is 22.7 Å². The summed E-state index contributed by atoms with van der Waals surface area (Å²) in [6.45, 7) is 1.04. The molecule has 0 atom stereocenters. The van der Waals surface area contributed by atoms with E-state index in [4.69, 9.17) is 15.2 Å². The summed E-state index contributed by atoms with van der Waals surface area (Å²) in [5.41, 5.74) is 5.91. The van der Waals surface area contributed by atoms with Crippen molar-refractivity contribution in [3.8, 4) is 11.5 Å². The molecule has 0 unspecified atom stereocenters. The van der Waals surface area contributed by atoms with E-state index >= 15 is 0 Å². The Bertz CT molecular complexity index is 1020. The third kappa shape index (κ3) is 4.01. The van der Waals surface area contributed by atoms with Gasteiger partial charge in [-0.2, -0.15) is 0 Å². The van der Waals surface area contributed by atoms with Gasteiger partial charge in [0.05, 0.1) is 22.7 Å². The van der Waals surface area contributed by atoms with Gasteiger partial charge in [0, 0.05) is 6.07 Å². The van der Waals surface area contributed by atoms with E-state index in [2.05, 4.69) is 5.32 Å². The topological polar surface area (TPSA) is 128 Å². The first kappa shape index (κ1) is 19.5. The van der Waals surface area contributed by atoms with Crippen molar-refractivity contribution in [2.45, 2.75) is 6.92 Å². The molecule has 0 spiro atoms. The fourth-order valence-electron chi connectivity index (χ4n) is 2.67. The Morgan fingerprint density at radius 2 is 1.86 bits per heavy atom. The minimum Gasteiger partial charge on any atom is -0.454 e. The summed E-state index contributed by atoms with van der Waals surface area (Å²) in [4.78, 5) is 24.0. The fraction of sp³-hybridized carbons (Fsp3) is 0.222. The Hall–Kier alpha value is -3.27. The first-order valence-electron chi connectivity index (χ1n) is 8.40. The molecule has 1 aliphatic rings. The molecule has 148 valence electrons. The number of primary amides is 1. The maximum Gasteiger partial charge on any atom is 0.250 e. The number of ether oxygens (including phenoxy) is 2. The number of rotatable bonds is 7. The first-order valence-corrected chi connectivity index (χ1v) is 10.0. The molecule has 3 rings (SSSR count). The fourth-order valence-corrected chi connectivity index (χ4v) is 3.73. The van der Waals surface area contributed by atoms with Gasteiger partial charge >= 0.3 is 0 Å². The molecule has 10 heteroatoms. The number of fused-ring (bicyclic) bond motifs is 1. The Morgan fingerprint density at radius 3 is 2.57 bits per heavy atom. The van der Waals surface area contributed by atoms with Gasteiger partial charge in [-0.3, -0.25) is 13.9 Å². The minimum absolute atomic E-state index is 0.0453. The molecule has 0 aromatic heterocycles. The first-order chi connectivity index (χ1) is 13.3. The Labute approximate surface area is 162 Å². The number of carbonyl (C=O) groups is 2. The molecule has 0 fully saturated rings. The van der Waals surface area contributed by atoms with Gasteiger partial charge in [-0.15, -0.1) is 0 Å². The predicted octanol–water partition coefficient (Wildman–Crippen LogP) is 1.31. The summed E-state index contributed by atoms with van der Waals surface area (Å²) in [5.74, 6) is -0.633. The van der Waals surface area contributed by atoms with Crippen molar-refractivity contribution in [1.82, 2.24) is 0 Å². The summed E-state index contributed by atoms with van der Waals surface area (Å²) in [7, 11) is -3.76. The Morgan fingerprint density at radius 1 is 1.14 bits per heavy atom. The van der Waals surface area contributed by atoms with Gasteiger partial charge in [-0.25, -0.2) is 8.42 Å². The molecule has 9 nitrogen and oxygen atoms in total. The van der Waals surface area contributed by atoms with Crippen LogP contribution in [-0.2, 0) is 14.8 Å². The monoisotopic (exact) mass is 405 g/mol. The molecular weight excluding hydrogens is 386 g/mol. The lowest BCUT2D eigenvalue weighted by Gasteiger charge is -2.23.